The van der Waals surface area contributed by atoms with Crippen molar-refractivity contribution in [3.63, 3.8) is 0 Å². The van der Waals surface area contributed by atoms with Crippen molar-refractivity contribution in [1.82, 2.24) is 0 Å². The van der Waals surface area contributed by atoms with Gasteiger partial charge < -0.3 is 5.32 Å². The molecule has 2 rings (SSSR count). The van der Waals surface area contributed by atoms with Crippen molar-refractivity contribution in [2.75, 3.05) is 5.32 Å². The van der Waals surface area contributed by atoms with Gasteiger partial charge >= 0.3 is 0 Å². The number of benzene rings is 1. The van der Waals surface area contributed by atoms with E-state index < -0.39 is 17.5 Å². The first-order valence-electron chi connectivity index (χ1n) is 6.68. The van der Waals surface area contributed by atoms with Gasteiger partial charge in [-0.2, -0.15) is 0 Å². The highest BCUT2D eigenvalue weighted by Gasteiger charge is 2.32. The highest BCUT2D eigenvalue weighted by Crippen LogP contribution is 2.39. The summed E-state index contributed by atoms with van der Waals surface area (Å²) < 4.78 is 39.2. The van der Waals surface area contributed by atoms with Gasteiger partial charge in [-0.05, 0) is 30.6 Å². The third kappa shape index (κ3) is 3.43. The summed E-state index contributed by atoms with van der Waals surface area (Å²) in [6.45, 7) is 6.58. The maximum atomic E-state index is 13.2. The molecule has 1 aliphatic rings. The zero-order valence-corrected chi connectivity index (χ0v) is 11.6. The van der Waals surface area contributed by atoms with Crippen LogP contribution in [0.4, 0.5) is 18.9 Å². The van der Waals surface area contributed by atoms with Crippen LogP contribution >= 0.6 is 0 Å². The van der Waals surface area contributed by atoms with Gasteiger partial charge in [0.25, 0.3) is 0 Å². The SMILES string of the molecule is CC1CC(Nc2cc(F)c(F)c(F)c2)CC(C)(C)C1. The van der Waals surface area contributed by atoms with Crippen molar-refractivity contribution < 1.29 is 13.2 Å². The number of hydrogen-bond acceptors (Lipinski definition) is 1. The molecule has 2 atom stereocenters. The van der Waals surface area contributed by atoms with Crippen molar-refractivity contribution in [3.8, 4) is 0 Å². The Balaban J connectivity index is 2.13. The molecule has 0 bridgehead atoms. The van der Waals surface area contributed by atoms with E-state index in [2.05, 4.69) is 26.1 Å². The van der Waals surface area contributed by atoms with Crippen LogP contribution in [0.2, 0.25) is 0 Å². The van der Waals surface area contributed by atoms with Crippen LogP contribution in [0.3, 0.4) is 0 Å². The first kappa shape index (κ1) is 14.2. The lowest BCUT2D eigenvalue weighted by atomic mass is 9.70. The average Bonchev–Trinajstić information content (AvgIpc) is 2.22. The van der Waals surface area contributed by atoms with E-state index in [4.69, 9.17) is 0 Å². The Morgan fingerprint density at radius 3 is 2.21 bits per heavy atom. The quantitative estimate of drug-likeness (QED) is 0.767. The van der Waals surface area contributed by atoms with Crippen molar-refractivity contribution in [2.24, 2.45) is 11.3 Å². The van der Waals surface area contributed by atoms with E-state index in [1.807, 2.05) is 0 Å². The van der Waals surface area contributed by atoms with Gasteiger partial charge in [0.15, 0.2) is 17.5 Å². The van der Waals surface area contributed by atoms with Crippen LogP contribution in [-0.4, -0.2) is 6.04 Å². The van der Waals surface area contributed by atoms with E-state index in [-0.39, 0.29) is 11.5 Å². The van der Waals surface area contributed by atoms with Crippen LogP contribution in [0.5, 0.6) is 0 Å². The van der Waals surface area contributed by atoms with Gasteiger partial charge in [-0.15, -0.1) is 0 Å². The molecular weight excluding hydrogens is 251 g/mol. The van der Waals surface area contributed by atoms with E-state index in [0.717, 1.165) is 31.4 Å². The number of nitrogens with one attached hydrogen (secondary N) is 1. The molecule has 0 spiro atoms. The molecular formula is C15H20F3N. The normalized spacial score (nSPS) is 26.2. The van der Waals surface area contributed by atoms with E-state index in [1.165, 1.54) is 0 Å². The molecule has 1 aromatic rings. The van der Waals surface area contributed by atoms with Crippen molar-refractivity contribution >= 4 is 5.69 Å². The predicted octanol–water partition coefficient (Wildman–Crippen LogP) is 4.73. The monoisotopic (exact) mass is 271 g/mol. The lowest BCUT2D eigenvalue weighted by molar-refractivity contribution is 0.178. The number of rotatable bonds is 2. The smallest absolute Gasteiger partial charge is 0.194 e. The van der Waals surface area contributed by atoms with Crippen LogP contribution in [0.25, 0.3) is 0 Å². The highest BCUT2D eigenvalue weighted by atomic mass is 19.2. The molecule has 1 N–H and O–H groups in total. The summed E-state index contributed by atoms with van der Waals surface area (Å²) in [4.78, 5) is 0. The Bertz CT molecular complexity index is 447. The zero-order valence-electron chi connectivity index (χ0n) is 11.6. The fourth-order valence-electron chi connectivity index (χ4n) is 3.33. The maximum absolute atomic E-state index is 13.2. The summed E-state index contributed by atoms with van der Waals surface area (Å²) in [6, 6.07) is 2.21. The largest absolute Gasteiger partial charge is 0.382 e. The van der Waals surface area contributed by atoms with Crippen molar-refractivity contribution in [1.29, 1.82) is 0 Å². The first-order chi connectivity index (χ1) is 8.77. The molecule has 1 aromatic carbocycles. The van der Waals surface area contributed by atoms with E-state index in [9.17, 15) is 13.2 Å². The topological polar surface area (TPSA) is 12.0 Å². The van der Waals surface area contributed by atoms with E-state index >= 15 is 0 Å². The molecule has 0 aliphatic heterocycles. The Morgan fingerprint density at radius 1 is 1.11 bits per heavy atom. The summed E-state index contributed by atoms with van der Waals surface area (Å²) >= 11 is 0. The van der Waals surface area contributed by atoms with Gasteiger partial charge in [-0.3, -0.25) is 0 Å². The summed E-state index contributed by atoms with van der Waals surface area (Å²) in [7, 11) is 0. The fraction of sp³-hybridized carbons (Fsp3) is 0.600. The molecule has 0 amide bonds. The zero-order chi connectivity index (χ0) is 14.2. The number of anilines is 1. The van der Waals surface area contributed by atoms with E-state index in [0.29, 0.717) is 11.6 Å². The summed E-state index contributed by atoms with van der Waals surface area (Å²) in [5, 5.41) is 3.13. The fourth-order valence-corrected chi connectivity index (χ4v) is 3.33. The summed E-state index contributed by atoms with van der Waals surface area (Å²) in [5.74, 6) is -3.14. The molecule has 0 aromatic heterocycles. The third-order valence-electron chi connectivity index (χ3n) is 3.74. The van der Waals surface area contributed by atoms with Gasteiger partial charge in [0.2, 0.25) is 0 Å². The Labute approximate surface area is 112 Å². The van der Waals surface area contributed by atoms with Gasteiger partial charge in [-0.25, -0.2) is 13.2 Å². The molecule has 1 aliphatic carbocycles. The maximum Gasteiger partial charge on any atom is 0.194 e. The van der Waals surface area contributed by atoms with Gasteiger partial charge in [0.1, 0.15) is 0 Å². The van der Waals surface area contributed by atoms with E-state index in [1.54, 1.807) is 0 Å². The first-order valence-corrected chi connectivity index (χ1v) is 6.68. The Morgan fingerprint density at radius 2 is 1.68 bits per heavy atom. The Hall–Kier alpha value is -1.19. The van der Waals surface area contributed by atoms with Crippen LogP contribution in [0.1, 0.15) is 40.0 Å². The van der Waals surface area contributed by atoms with Crippen LogP contribution < -0.4 is 5.32 Å². The molecule has 4 heteroatoms. The molecule has 0 saturated heterocycles. The minimum Gasteiger partial charge on any atom is -0.382 e. The second kappa shape index (κ2) is 5.06. The molecule has 1 fully saturated rings. The van der Waals surface area contributed by atoms with Crippen molar-refractivity contribution in [3.05, 3.63) is 29.6 Å². The lowest BCUT2D eigenvalue weighted by Crippen LogP contribution is -2.35. The second-order valence-corrected chi connectivity index (χ2v) is 6.51. The Kier molecular flexibility index (Phi) is 3.79. The molecule has 2 unspecified atom stereocenters. The third-order valence-corrected chi connectivity index (χ3v) is 3.74. The molecule has 0 heterocycles. The molecule has 19 heavy (non-hydrogen) atoms. The minimum atomic E-state index is -1.41. The predicted molar refractivity (Wildman–Crippen MR) is 70.5 cm³/mol. The average molecular weight is 271 g/mol. The summed E-state index contributed by atoms with van der Waals surface area (Å²) in [6.07, 6.45) is 3.05. The summed E-state index contributed by atoms with van der Waals surface area (Å²) in [5.41, 5.74) is 0.526. The molecule has 106 valence electrons. The number of halogens is 3. The van der Waals surface area contributed by atoms with Gasteiger partial charge in [0.05, 0.1) is 0 Å². The molecule has 0 radical (unpaired) electrons. The minimum absolute atomic E-state index is 0.169. The standard InChI is InChI=1S/C15H20F3N/c1-9-4-11(8-15(2,3)7-9)19-10-5-12(16)14(18)13(17)6-10/h5-6,9,11,19H,4,7-8H2,1-3H3. The van der Waals surface area contributed by atoms with Crippen LogP contribution in [0.15, 0.2) is 12.1 Å². The van der Waals surface area contributed by atoms with Crippen LogP contribution in [-0.2, 0) is 0 Å². The molecule has 1 nitrogen and oxygen atoms in total. The lowest BCUT2D eigenvalue weighted by Gasteiger charge is -2.39. The second-order valence-electron chi connectivity index (χ2n) is 6.51. The van der Waals surface area contributed by atoms with Gasteiger partial charge in [0, 0.05) is 23.9 Å². The van der Waals surface area contributed by atoms with Gasteiger partial charge in [-0.1, -0.05) is 20.8 Å². The van der Waals surface area contributed by atoms with Crippen LogP contribution in [0, 0.1) is 28.8 Å². The number of hydrogen-bond donors (Lipinski definition) is 1. The highest BCUT2D eigenvalue weighted by molar-refractivity contribution is 5.45. The van der Waals surface area contributed by atoms with Crippen molar-refractivity contribution in [2.45, 2.75) is 46.1 Å². The molecule has 1 saturated carbocycles.